The van der Waals surface area contributed by atoms with E-state index >= 15 is 0 Å². The number of esters is 1. The van der Waals surface area contributed by atoms with Crippen molar-refractivity contribution in [2.75, 3.05) is 6.61 Å². The van der Waals surface area contributed by atoms with Gasteiger partial charge in [-0.15, -0.1) is 0 Å². The number of aliphatic hydroxyl groups excluding tert-OH is 1. The van der Waals surface area contributed by atoms with Gasteiger partial charge in [0.05, 0.1) is 5.92 Å². The van der Waals surface area contributed by atoms with Gasteiger partial charge in [0.25, 0.3) is 0 Å². The smallest absolute Gasteiger partial charge is 0.309 e. The zero-order valence-corrected chi connectivity index (χ0v) is 15.1. The molecule has 0 aromatic rings. The molecule has 4 saturated carbocycles. The van der Waals surface area contributed by atoms with Gasteiger partial charge < -0.3 is 9.84 Å². The fourth-order valence-corrected chi connectivity index (χ4v) is 8.12. The SMILES string of the molecule is C=C1CC[C@@]23CC2(CO)[C@@H]([C@@]2(C)CCC4C[C@@H]2C(=O)O4)CC[C@]13C. The quantitative estimate of drug-likeness (QED) is 0.618. The molecule has 5 aliphatic rings. The summed E-state index contributed by atoms with van der Waals surface area (Å²) in [6, 6.07) is 0. The number of hydrogen-bond donors (Lipinski definition) is 1. The van der Waals surface area contributed by atoms with Crippen LogP contribution in [0, 0.1) is 33.5 Å². The Morgan fingerprint density at radius 2 is 2.04 bits per heavy atom. The monoisotopic (exact) mass is 330 g/mol. The predicted molar refractivity (Wildman–Crippen MR) is 91.1 cm³/mol. The first-order valence-electron chi connectivity index (χ1n) is 9.83. The van der Waals surface area contributed by atoms with Crippen LogP contribution in [-0.2, 0) is 9.53 Å². The Hall–Kier alpha value is -0.830. The lowest BCUT2D eigenvalue weighted by atomic mass is 9.49. The van der Waals surface area contributed by atoms with Gasteiger partial charge in [-0.05, 0) is 73.5 Å². The molecule has 3 nitrogen and oxygen atoms in total. The molecule has 24 heavy (non-hydrogen) atoms. The van der Waals surface area contributed by atoms with Gasteiger partial charge in [-0.3, -0.25) is 4.79 Å². The Balaban J connectivity index is 1.57. The lowest BCUT2D eigenvalue weighted by Crippen LogP contribution is -2.50. The van der Waals surface area contributed by atoms with Crippen molar-refractivity contribution in [3.8, 4) is 0 Å². The third-order valence-electron chi connectivity index (χ3n) is 9.68. The van der Waals surface area contributed by atoms with Crippen molar-refractivity contribution in [3.05, 3.63) is 12.2 Å². The molecule has 1 spiro atoms. The van der Waals surface area contributed by atoms with E-state index in [2.05, 4.69) is 20.4 Å². The highest BCUT2D eigenvalue weighted by molar-refractivity contribution is 5.76. The van der Waals surface area contributed by atoms with Gasteiger partial charge in [0.1, 0.15) is 6.10 Å². The van der Waals surface area contributed by atoms with Crippen LogP contribution in [-0.4, -0.2) is 23.8 Å². The first-order valence-corrected chi connectivity index (χ1v) is 9.83. The number of allylic oxidation sites excluding steroid dienone is 1. The number of carbonyl (C=O) groups is 1. The van der Waals surface area contributed by atoms with E-state index in [1.165, 1.54) is 18.4 Å². The first-order chi connectivity index (χ1) is 11.3. The van der Waals surface area contributed by atoms with Gasteiger partial charge in [-0.2, -0.15) is 0 Å². The highest BCUT2D eigenvalue weighted by atomic mass is 16.6. The van der Waals surface area contributed by atoms with E-state index in [0.29, 0.717) is 5.92 Å². The Kier molecular flexibility index (Phi) is 2.75. The van der Waals surface area contributed by atoms with Crippen molar-refractivity contribution in [2.45, 2.75) is 71.3 Å². The van der Waals surface area contributed by atoms with Gasteiger partial charge in [-0.1, -0.05) is 26.0 Å². The molecule has 0 aromatic heterocycles. The Labute approximate surface area is 144 Å². The van der Waals surface area contributed by atoms with Crippen LogP contribution in [0.1, 0.15) is 65.2 Å². The third-order valence-corrected chi connectivity index (χ3v) is 9.68. The molecular weight excluding hydrogens is 300 g/mol. The van der Waals surface area contributed by atoms with E-state index in [4.69, 9.17) is 4.74 Å². The van der Waals surface area contributed by atoms with Crippen LogP contribution in [0.4, 0.5) is 0 Å². The Bertz CT molecular complexity index is 641. The van der Waals surface area contributed by atoms with Crippen LogP contribution >= 0.6 is 0 Å². The third kappa shape index (κ3) is 1.41. The molecule has 2 bridgehead atoms. The van der Waals surface area contributed by atoms with E-state index < -0.39 is 0 Å². The van der Waals surface area contributed by atoms with Crippen LogP contribution in [0.15, 0.2) is 12.2 Å². The molecule has 5 fully saturated rings. The van der Waals surface area contributed by atoms with E-state index in [-0.39, 0.29) is 46.3 Å². The number of fused-ring (bicyclic) bond motifs is 2. The van der Waals surface area contributed by atoms with Gasteiger partial charge >= 0.3 is 5.97 Å². The summed E-state index contributed by atoms with van der Waals surface area (Å²) in [4.78, 5) is 12.5. The molecule has 0 amide bonds. The van der Waals surface area contributed by atoms with Crippen LogP contribution in [0.3, 0.4) is 0 Å². The van der Waals surface area contributed by atoms with Gasteiger partial charge in [0, 0.05) is 12.0 Å². The summed E-state index contributed by atoms with van der Waals surface area (Å²) in [6.45, 7) is 9.41. The molecule has 4 aliphatic carbocycles. The molecule has 3 heteroatoms. The molecule has 0 aromatic carbocycles. The normalized spacial score (nSPS) is 58.2. The van der Waals surface area contributed by atoms with Gasteiger partial charge in [0.2, 0.25) is 0 Å². The van der Waals surface area contributed by atoms with E-state index in [1.54, 1.807) is 0 Å². The predicted octanol–water partition coefficient (Wildman–Crippen LogP) is 3.85. The Morgan fingerprint density at radius 3 is 2.79 bits per heavy atom. The molecule has 132 valence electrons. The minimum absolute atomic E-state index is 0.00155. The van der Waals surface area contributed by atoms with E-state index in [9.17, 15) is 9.90 Å². The average molecular weight is 330 g/mol. The van der Waals surface area contributed by atoms with Crippen LogP contribution in [0.2, 0.25) is 0 Å². The highest BCUT2D eigenvalue weighted by Gasteiger charge is 2.82. The van der Waals surface area contributed by atoms with E-state index in [1.807, 2.05) is 0 Å². The summed E-state index contributed by atoms with van der Waals surface area (Å²) in [5, 5.41) is 10.5. The zero-order chi connectivity index (χ0) is 17.0. The minimum atomic E-state index is 0.00155. The highest BCUT2D eigenvalue weighted by Crippen LogP contribution is 2.87. The molecule has 7 atom stereocenters. The van der Waals surface area contributed by atoms with Crippen molar-refractivity contribution in [3.63, 3.8) is 0 Å². The fourth-order valence-electron chi connectivity index (χ4n) is 8.12. The topological polar surface area (TPSA) is 46.5 Å². The molecule has 5 rings (SSSR count). The second-order valence-corrected chi connectivity index (χ2v) is 9.99. The molecule has 1 N–H and O–H groups in total. The molecule has 0 radical (unpaired) electrons. The van der Waals surface area contributed by atoms with Gasteiger partial charge in [-0.25, -0.2) is 0 Å². The molecule has 1 heterocycles. The fraction of sp³-hybridized carbons (Fsp3) is 0.857. The maximum absolute atomic E-state index is 12.5. The number of aliphatic hydroxyl groups is 1. The number of ether oxygens (including phenoxy) is 1. The Morgan fingerprint density at radius 1 is 1.25 bits per heavy atom. The van der Waals surface area contributed by atoms with Crippen LogP contribution in [0.25, 0.3) is 0 Å². The van der Waals surface area contributed by atoms with Crippen molar-refractivity contribution in [1.82, 2.24) is 0 Å². The lowest BCUT2D eigenvalue weighted by Gasteiger charge is -2.54. The maximum atomic E-state index is 12.5. The zero-order valence-electron chi connectivity index (χ0n) is 15.1. The van der Waals surface area contributed by atoms with Crippen molar-refractivity contribution < 1.29 is 14.6 Å². The second-order valence-electron chi connectivity index (χ2n) is 9.99. The van der Waals surface area contributed by atoms with Crippen molar-refractivity contribution >= 4 is 5.97 Å². The molecule has 1 saturated heterocycles. The standard InChI is InChI=1S/C21H30O3/c1-13-4-9-21-11-20(21,12-22)16(6-8-19(13,21)3)18(2)7-5-14-10-15(18)17(23)24-14/h14-16,22H,1,4-12H2,2-3H3/t14?,15-,16-,18+,19-,20?,21+/m1/s1. The summed E-state index contributed by atoms with van der Waals surface area (Å²) in [5.74, 6) is 0.536. The summed E-state index contributed by atoms with van der Waals surface area (Å²) in [7, 11) is 0. The van der Waals surface area contributed by atoms with Crippen molar-refractivity contribution in [2.24, 2.45) is 33.5 Å². The average Bonchev–Trinajstić information content (AvgIpc) is 3.05. The minimum Gasteiger partial charge on any atom is -0.462 e. The molecule has 2 unspecified atom stereocenters. The number of hydrogen-bond acceptors (Lipinski definition) is 3. The molecular formula is C21H30O3. The summed E-state index contributed by atoms with van der Waals surface area (Å²) in [5.41, 5.74) is 1.88. The van der Waals surface area contributed by atoms with Crippen LogP contribution in [0.5, 0.6) is 0 Å². The summed E-state index contributed by atoms with van der Waals surface area (Å²) in [6.07, 6.45) is 8.91. The summed E-state index contributed by atoms with van der Waals surface area (Å²) >= 11 is 0. The lowest BCUT2D eigenvalue weighted by molar-refractivity contribution is -0.148. The van der Waals surface area contributed by atoms with Gasteiger partial charge in [0.15, 0.2) is 0 Å². The number of carbonyl (C=O) groups excluding carboxylic acids is 1. The second kappa shape index (κ2) is 4.28. The van der Waals surface area contributed by atoms with Crippen molar-refractivity contribution in [1.29, 1.82) is 0 Å². The molecule has 1 aliphatic heterocycles. The van der Waals surface area contributed by atoms with Crippen LogP contribution < -0.4 is 0 Å². The largest absolute Gasteiger partial charge is 0.462 e. The maximum Gasteiger partial charge on any atom is 0.309 e. The number of rotatable bonds is 2. The summed E-state index contributed by atoms with van der Waals surface area (Å²) < 4.78 is 5.59. The first kappa shape index (κ1) is 15.4. The van der Waals surface area contributed by atoms with E-state index in [0.717, 1.165) is 38.5 Å².